The van der Waals surface area contributed by atoms with Crippen LogP contribution in [0.15, 0.2) is 65.6 Å². The van der Waals surface area contributed by atoms with Crippen molar-refractivity contribution in [1.82, 2.24) is 0 Å². The van der Waals surface area contributed by atoms with Crippen molar-refractivity contribution in [2.45, 2.75) is 25.7 Å². The molecule has 0 atom stereocenters. The van der Waals surface area contributed by atoms with Crippen LogP contribution in [-0.4, -0.2) is 25.8 Å². The van der Waals surface area contributed by atoms with Crippen molar-refractivity contribution >= 4 is 44.6 Å². The molecule has 8 nitrogen and oxygen atoms in total. The van der Waals surface area contributed by atoms with E-state index in [0.29, 0.717) is 5.69 Å². The van der Waals surface area contributed by atoms with Crippen LogP contribution in [0, 0.1) is 30.9 Å². The van der Waals surface area contributed by atoms with Crippen molar-refractivity contribution in [3.8, 4) is 0 Å². The molecular weight excluding hydrogens is 466 g/mol. The average molecular weight is 488 g/mol. The van der Waals surface area contributed by atoms with E-state index < -0.39 is 33.1 Å². The zero-order chi connectivity index (χ0) is 24.3. The number of nitrogens with one attached hydrogen (secondary N) is 1. The minimum absolute atomic E-state index is 0.187. The van der Waals surface area contributed by atoms with Crippen molar-refractivity contribution in [2.24, 2.45) is 0 Å². The molecule has 0 unspecified atom stereocenters. The Morgan fingerprint density at radius 1 is 1.03 bits per heavy atom. The summed E-state index contributed by atoms with van der Waals surface area (Å²) in [5.41, 5.74) is 3.05. The number of amides is 1. The second kappa shape index (κ2) is 9.60. The van der Waals surface area contributed by atoms with Gasteiger partial charge >= 0.3 is 0 Å². The van der Waals surface area contributed by atoms with E-state index in [4.69, 9.17) is 11.6 Å². The van der Waals surface area contributed by atoms with Gasteiger partial charge in [0, 0.05) is 11.8 Å². The number of hydrogen-bond donors (Lipinski definition) is 1. The van der Waals surface area contributed by atoms with Gasteiger partial charge in [0.2, 0.25) is 5.91 Å². The summed E-state index contributed by atoms with van der Waals surface area (Å²) in [6.07, 6.45) is 0. The van der Waals surface area contributed by atoms with Gasteiger partial charge in [0.25, 0.3) is 15.7 Å². The largest absolute Gasteiger partial charge is 0.324 e. The molecule has 0 saturated carbocycles. The Labute approximate surface area is 197 Å². The molecule has 3 aromatic carbocycles. The SMILES string of the molecule is Cc1cc(C)c(NC(=O)CN(c2ccccc2)S(=O)(=O)c2ccc(Cl)c([N+](=O)[O-])c2)c(C)c1. The number of aryl methyl sites for hydroxylation is 3. The van der Waals surface area contributed by atoms with Gasteiger partial charge in [0.1, 0.15) is 11.6 Å². The lowest BCUT2D eigenvalue weighted by Gasteiger charge is -2.24. The molecule has 0 fully saturated rings. The van der Waals surface area contributed by atoms with Gasteiger partial charge in [0.15, 0.2) is 0 Å². The van der Waals surface area contributed by atoms with Gasteiger partial charge in [-0.15, -0.1) is 0 Å². The summed E-state index contributed by atoms with van der Waals surface area (Å²) in [6.45, 7) is 5.12. The first-order valence-electron chi connectivity index (χ1n) is 9.90. The standard InChI is InChI=1S/C23H22ClN3O5S/c1-15-11-16(2)23(17(3)12-15)25-22(28)14-26(18-7-5-4-6-8-18)33(31,32)19-9-10-20(24)21(13-19)27(29)30/h4-13H,14H2,1-3H3,(H,25,28). The van der Waals surface area contributed by atoms with Crippen molar-refractivity contribution in [1.29, 1.82) is 0 Å². The molecule has 0 aliphatic rings. The summed E-state index contributed by atoms with van der Waals surface area (Å²) in [7, 11) is -4.33. The second-order valence-corrected chi connectivity index (χ2v) is 9.81. The monoisotopic (exact) mass is 487 g/mol. The maximum atomic E-state index is 13.5. The highest BCUT2D eigenvalue weighted by molar-refractivity contribution is 7.92. The van der Waals surface area contributed by atoms with E-state index in [1.165, 1.54) is 18.2 Å². The minimum Gasteiger partial charge on any atom is -0.324 e. The summed E-state index contributed by atoms with van der Waals surface area (Å²) in [5.74, 6) is -0.555. The van der Waals surface area contributed by atoms with E-state index >= 15 is 0 Å². The van der Waals surface area contributed by atoms with Crippen LogP contribution in [0.2, 0.25) is 5.02 Å². The molecule has 0 aliphatic heterocycles. The molecule has 0 saturated heterocycles. The molecule has 3 rings (SSSR count). The highest BCUT2D eigenvalue weighted by atomic mass is 35.5. The summed E-state index contributed by atoms with van der Waals surface area (Å²) >= 11 is 5.84. The molecule has 0 heterocycles. The Morgan fingerprint density at radius 2 is 1.64 bits per heavy atom. The van der Waals surface area contributed by atoms with Crippen molar-refractivity contribution < 1.29 is 18.1 Å². The molecule has 3 aromatic rings. The lowest BCUT2D eigenvalue weighted by Crippen LogP contribution is -2.38. The Balaban J connectivity index is 2.01. The van der Waals surface area contributed by atoms with Gasteiger partial charge in [0.05, 0.1) is 15.5 Å². The topological polar surface area (TPSA) is 110 Å². The number of sulfonamides is 1. The van der Waals surface area contributed by atoms with Crippen LogP contribution in [0.1, 0.15) is 16.7 Å². The number of halogens is 1. The summed E-state index contributed by atoms with van der Waals surface area (Å²) in [6, 6.07) is 15.1. The first-order valence-corrected chi connectivity index (χ1v) is 11.7. The minimum atomic E-state index is -4.33. The van der Waals surface area contributed by atoms with Crippen molar-refractivity contribution in [2.75, 3.05) is 16.2 Å². The number of nitro benzene ring substituents is 1. The van der Waals surface area contributed by atoms with Crippen LogP contribution in [-0.2, 0) is 14.8 Å². The van der Waals surface area contributed by atoms with Crippen molar-refractivity contribution in [3.05, 3.63) is 92.5 Å². The van der Waals surface area contributed by atoms with E-state index in [1.807, 2.05) is 32.9 Å². The van der Waals surface area contributed by atoms with E-state index in [-0.39, 0.29) is 15.6 Å². The average Bonchev–Trinajstić information content (AvgIpc) is 2.75. The quantitative estimate of drug-likeness (QED) is 0.372. The molecule has 0 aromatic heterocycles. The van der Waals surface area contributed by atoms with Gasteiger partial charge < -0.3 is 5.32 Å². The van der Waals surface area contributed by atoms with Crippen LogP contribution >= 0.6 is 11.6 Å². The Bertz CT molecular complexity index is 1300. The first kappa shape index (κ1) is 24.2. The lowest BCUT2D eigenvalue weighted by molar-refractivity contribution is -0.384. The molecular formula is C23H22ClN3O5S. The predicted molar refractivity (Wildman–Crippen MR) is 128 cm³/mol. The lowest BCUT2D eigenvalue weighted by atomic mass is 10.1. The molecule has 10 heteroatoms. The van der Waals surface area contributed by atoms with Gasteiger partial charge in [-0.3, -0.25) is 19.2 Å². The zero-order valence-electron chi connectivity index (χ0n) is 18.2. The van der Waals surface area contributed by atoms with Crippen LogP contribution < -0.4 is 9.62 Å². The highest BCUT2D eigenvalue weighted by Crippen LogP contribution is 2.30. The summed E-state index contributed by atoms with van der Waals surface area (Å²) in [5, 5.41) is 13.9. The molecule has 0 bridgehead atoms. The van der Waals surface area contributed by atoms with Crippen LogP contribution in [0.25, 0.3) is 0 Å². The summed E-state index contributed by atoms with van der Waals surface area (Å²) < 4.78 is 27.8. The number of nitro groups is 1. The Kier molecular flexibility index (Phi) is 7.04. The molecule has 172 valence electrons. The normalized spacial score (nSPS) is 11.2. The fraction of sp³-hybridized carbons (Fsp3) is 0.174. The highest BCUT2D eigenvalue weighted by Gasteiger charge is 2.29. The van der Waals surface area contributed by atoms with Crippen LogP contribution in [0.3, 0.4) is 0 Å². The smallest absolute Gasteiger partial charge is 0.289 e. The number of carbonyl (C=O) groups is 1. The van der Waals surface area contributed by atoms with E-state index in [0.717, 1.165) is 33.1 Å². The molecule has 1 amide bonds. The number of para-hydroxylation sites is 1. The number of nitrogens with zero attached hydrogens (tertiary/aromatic N) is 2. The fourth-order valence-corrected chi connectivity index (χ4v) is 5.14. The number of rotatable bonds is 7. The third-order valence-electron chi connectivity index (χ3n) is 4.98. The maximum Gasteiger partial charge on any atom is 0.289 e. The number of anilines is 2. The van der Waals surface area contributed by atoms with Crippen LogP contribution in [0.4, 0.5) is 17.1 Å². The first-order chi connectivity index (χ1) is 15.5. The van der Waals surface area contributed by atoms with Gasteiger partial charge in [-0.2, -0.15) is 0 Å². The van der Waals surface area contributed by atoms with Crippen LogP contribution in [0.5, 0.6) is 0 Å². The number of benzene rings is 3. The third kappa shape index (κ3) is 5.32. The fourth-order valence-electron chi connectivity index (χ4n) is 3.52. The van der Waals surface area contributed by atoms with E-state index in [1.54, 1.807) is 18.2 Å². The predicted octanol–water partition coefficient (Wildman–Crippen LogP) is 5.01. The van der Waals surface area contributed by atoms with Gasteiger partial charge in [-0.1, -0.05) is 47.5 Å². The van der Waals surface area contributed by atoms with Crippen molar-refractivity contribution in [3.63, 3.8) is 0 Å². The number of carbonyl (C=O) groups excluding carboxylic acids is 1. The van der Waals surface area contributed by atoms with Gasteiger partial charge in [-0.25, -0.2) is 8.42 Å². The molecule has 33 heavy (non-hydrogen) atoms. The van der Waals surface area contributed by atoms with Gasteiger partial charge in [-0.05, 0) is 56.2 Å². The summed E-state index contributed by atoms with van der Waals surface area (Å²) in [4.78, 5) is 23.1. The molecule has 1 N–H and O–H groups in total. The second-order valence-electron chi connectivity index (χ2n) is 7.54. The van der Waals surface area contributed by atoms with E-state index in [9.17, 15) is 23.3 Å². The molecule has 0 aliphatic carbocycles. The number of hydrogen-bond acceptors (Lipinski definition) is 5. The zero-order valence-corrected chi connectivity index (χ0v) is 19.8. The molecule has 0 spiro atoms. The maximum absolute atomic E-state index is 13.5. The molecule has 0 radical (unpaired) electrons. The van der Waals surface area contributed by atoms with E-state index in [2.05, 4.69) is 5.32 Å². The Hall–Kier alpha value is -3.43. The Morgan fingerprint density at radius 3 is 2.21 bits per heavy atom. The third-order valence-corrected chi connectivity index (χ3v) is 7.06.